The molecule has 2 N–H and O–H groups in total. The van der Waals surface area contributed by atoms with Crippen LogP contribution >= 0.6 is 0 Å². The minimum absolute atomic E-state index is 0.0335. The van der Waals surface area contributed by atoms with Crippen LogP contribution in [-0.4, -0.2) is 77.1 Å². The maximum Gasteiger partial charge on any atom is 0.257 e. The maximum absolute atomic E-state index is 14.6. The molecule has 3 aromatic heterocycles. The van der Waals surface area contributed by atoms with Gasteiger partial charge in [-0.2, -0.15) is 0 Å². The van der Waals surface area contributed by atoms with Gasteiger partial charge < -0.3 is 29.5 Å². The van der Waals surface area contributed by atoms with Crippen molar-refractivity contribution in [1.82, 2.24) is 25.2 Å². The van der Waals surface area contributed by atoms with Crippen molar-refractivity contribution < 1.29 is 23.7 Å². The van der Waals surface area contributed by atoms with Crippen molar-refractivity contribution in [1.29, 1.82) is 0 Å². The number of hydrogen-bond donors (Lipinski definition) is 2. The number of hydrogen-bond acceptors (Lipinski definition) is 9. The molecule has 0 bridgehead atoms. The van der Waals surface area contributed by atoms with Gasteiger partial charge in [-0.1, -0.05) is 0 Å². The summed E-state index contributed by atoms with van der Waals surface area (Å²) < 4.78 is 30.8. The van der Waals surface area contributed by atoms with Crippen LogP contribution in [0.4, 0.5) is 4.39 Å². The topological polar surface area (TPSA) is 102 Å². The molecular weight excluding hydrogens is 441 g/mol. The van der Waals surface area contributed by atoms with E-state index in [2.05, 4.69) is 25.2 Å². The number of pyridine rings is 3. The molecule has 9 nitrogen and oxygen atoms in total. The standard InChI is InChI=1S/C24H28FN5O4/c1-32-22-3-2-19-23(29-22)16(17(25)13-27-19)4-6-30-7-5-18(20(31)14-30)26-11-15-10-21-24(28-12-15)34-9-8-33-21/h2-3,10,12-13,18,20,26,31H,4-9,11,14H2,1H3. The highest BCUT2D eigenvalue weighted by atomic mass is 19.1. The normalized spacial score (nSPS) is 20.4. The van der Waals surface area contributed by atoms with E-state index in [1.54, 1.807) is 18.3 Å². The molecule has 5 heterocycles. The van der Waals surface area contributed by atoms with Gasteiger partial charge in [0, 0.05) is 43.5 Å². The monoisotopic (exact) mass is 469 g/mol. The first kappa shape index (κ1) is 22.7. The number of rotatable bonds is 7. The number of halogens is 1. The van der Waals surface area contributed by atoms with Crippen molar-refractivity contribution in [3.63, 3.8) is 0 Å². The summed E-state index contributed by atoms with van der Waals surface area (Å²) in [7, 11) is 1.53. The van der Waals surface area contributed by atoms with Crippen LogP contribution in [0.3, 0.4) is 0 Å². The van der Waals surface area contributed by atoms with E-state index in [9.17, 15) is 9.50 Å². The van der Waals surface area contributed by atoms with E-state index in [1.165, 1.54) is 13.3 Å². The first-order valence-electron chi connectivity index (χ1n) is 11.5. The molecule has 3 aromatic rings. The van der Waals surface area contributed by atoms with E-state index >= 15 is 0 Å². The van der Waals surface area contributed by atoms with E-state index in [0.717, 1.165) is 18.5 Å². The fourth-order valence-electron chi connectivity index (χ4n) is 4.46. The Balaban J connectivity index is 1.16. The van der Waals surface area contributed by atoms with E-state index in [0.29, 0.717) is 73.4 Å². The average molecular weight is 470 g/mol. The molecular formula is C24H28FN5O4. The smallest absolute Gasteiger partial charge is 0.257 e. The molecule has 10 heteroatoms. The molecule has 2 atom stereocenters. The van der Waals surface area contributed by atoms with Gasteiger partial charge in [-0.25, -0.2) is 14.4 Å². The lowest BCUT2D eigenvalue weighted by molar-refractivity contribution is 0.0403. The molecule has 34 heavy (non-hydrogen) atoms. The van der Waals surface area contributed by atoms with Gasteiger partial charge in [0.05, 0.1) is 30.4 Å². The number of β-amino-alcohol motifs (C(OH)–C–C–N with tert-alkyl or cyclic N) is 1. The quantitative estimate of drug-likeness (QED) is 0.535. The minimum Gasteiger partial charge on any atom is -0.484 e. The number of methoxy groups -OCH3 is 1. The summed E-state index contributed by atoms with van der Waals surface area (Å²) in [6.07, 6.45) is 3.72. The highest BCUT2D eigenvalue weighted by molar-refractivity contribution is 5.78. The van der Waals surface area contributed by atoms with Gasteiger partial charge in [0.15, 0.2) is 5.75 Å². The highest BCUT2D eigenvalue weighted by Gasteiger charge is 2.27. The van der Waals surface area contributed by atoms with Gasteiger partial charge in [0.1, 0.15) is 19.0 Å². The number of aliphatic hydroxyl groups is 1. The van der Waals surface area contributed by atoms with Crippen molar-refractivity contribution >= 4 is 11.0 Å². The average Bonchev–Trinajstić information content (AvgIpc) is 2.87. The molecule has 2 unspecified atom stereocenters. The second-order valence-electron chi connectivity index (χ2n) is 8.54. The predicted octanol–water partition coefficient (Wildman–Crippen LogP) is 1.71. The Morgan fingerprint density at radius 1 is 1.24 bits per heavy atom. The molecule has 0 spiro atoms. The summed E-state index contributed by atoms with van der Waals surface area (Å²) in [5.41, 5.74) is 2.64. The molecule has 1 saturated heterocycles. The number of fused-ring (bicyclic) bond motifs is 2. The molecule has 1 fully saturated rings. The molecule has 0 aliphatic carbocycles. The molecule has 0 radical (unpaired) electrons. The van der Waals surface area contributed by atoms with Crippen LogP contribution in [0.15, 0.2) is 30.6 Å². The molecule has 5 rings (SSSR count). The van der Waals surface area contributed by atoms with Gasteiger partial charge in [0.2, 0.25) is 5.88 Å². The van der Waals surface area contributed by atoms with Gasteiger partial charge in [0.25, 0.3) is 5.88 Å². The fraction of sp³-hybridized carbons (Fsp3) is 0.458. The highest BCUT2D eigenvalue weighted by Crippen LogP contribution is 2.28. The number of nitrogens with one attached hydrogen (secondary N) is 1. The Hall–Kier alpha value is -3.08. The summed E-state index contributed by atoms with van der Waals surface area (Å²) in [5, 5.41) is 14.2. The number of likely N-dealkylation sites (tertiary alicyclic amines) is 1. The molecule has 0 amide bonds. The van der Waals surface area contributed by atoms with Crippen LogP contribution in [0.25, 0.3) is 11.0 Å². The van der Waals surface area contributed by atoms with Crippen molar-refractivity contribution in [2.45, 2.75) is 31.5 Å². The fourth-order valence-corrected chi connectivity index (χ4v) is 4.46. The summed E-state index contributed by atoms with van der Waals surface area (Å²) in [4.78, 5) is 15.0. The maximum atomic E-state index is 14.6. The van der Waals surface area contributed by atoms with Crippen LogP contribution in [0.2, 0.25) is 0 Å². The zero-order valence-electron chi connectivity index (χ0n) is 19.0. The van der Waals surface area contributed by atoms with Crippen molar-refractivity contribution in [3.05, 3.63) is 47.5 Å². The Bertz CT molecular complexity index is 1160. The zero-order valence-corrected chi connectivity index (χ0v) is 19.0. The third-order valence-corrected chi connectivity index (χ3v) is 6.32. The van der Waals surface area contributed by atoms with Crippen LogP contribution in [-0.2, 0) is 13.0 Å². The van der Waals surface area contributed by atoms with Gasteiger partial charge >= 0.3 is 0 Å². The second-order valence-corrected chi connectivity index (χ2v) is 8.54. The van der Waals surface area contributed by atoms with E-state index < -0.39 is 6.10 Å². The van der Waals surface area contributed by atoms with Crippen molar-refractivity contribution in [2.24, 2.45) is 0 Å². The number of ether oxygens (including phenoxy) is 3. The summed E-state index contributed by atoms with van der Waals surface area (Å²) in [5.74, 6) is 1.23. The lowest BCUT2D eigenvalue weighted by Crippen LogP contribution is -2.52. The van der Waals surface area contributed by atoms with Crippen molar-refractivity contribution in [2.75, 3.05) is 40.0 Å². The third kappa shape index (κ3) is 4.89. The summed E-state index contributed by atoms with van der Waals surface area (Å²) in [6, 6.07) is 5.38. The number of nitrogens with zero attached hydrogens (tertiary/aromatic N) is 4. The van der Waals surface area contributed by atoms with E-state index in [4.69, 9.17) is 14.2 Å². The van der Waals surface area contributed by atoms with Gasteiger partial charge in [-0.05, 0) is 37.1 Å². The van der Waals surface area contributed by atoms with Gasteiger partial charge in [-0.3, -0.25) is 4.98 Å². The first-order valence-corrected chi connectivity index (χ1v) is 11.5. The molecule has 0 aromatic carbocycles. The predicted molar refractivity (Wildman–Crippen MR) is 123 cm³/mol. The summed E-state index contributed by atoms with van der Waals surface area (Å²) in [6.45, 7) is 3.54. The van der Waals surface area contributed by atoms with Crippen LogP contribution in [0.1, 0.15) is 17.5 Å². The van der Waals surface area contributed by atoms with E-state index in [1.807, 2.05) is 6.07 Å². The Morgan fingerprint density at radius 2 is 2.12 bits per heavy atom. The van der Waals surface area contributed by atoms with Gasteiger partial charge in [-0.15, -0.1) is 0 Å². The van der Waals surface area contributed by atoms with Crippen LogP contribution in [0, 0.1) is 5.82 Å². The third-order valence-electron chi connectivity index (χ3n) is 6.32. The van der Waals surface area contributed by atoms with Crippen molar-refractivity contribution in [3.8, 4) is 17.5 Å². The Kier molecular flexibility index (Phi) is 6.70. The number of aromatic nitrogens is 3. The lowest BCUT2D eigenvalue weighted by Gasteiger charge is -2.36. The molecule has 2 aliphatic heterocycles. The Morgan fingerprint density at radius 3 is 2.97 bits per heavy atom. The largest absolute Gasteiger partial charge is 0.484 e. The molecule has 0 saturated carbocycles. The number of piperidine rings is 1. The second kappa shape index (κ2) is 10.0. The molecule has 180 valence electrons. The zero-order chi connectivity index (χ0) is 23.5. The lowest BCUT2D eigenvalue weighted by atomic mass is 10.0. The Labute approximate surface area is 196 Å². The molecule has 2 aliphatic rings. The SMILES string of the molecule is COc1ccc2ncc(F)c(CCN3CCC(NCc4cnc5c(c4)OCCO5)C(O)C3)c2n1. The minimum atomic E-state index is -0.531. The number of aliphatic hydroxyl groups excluding tert-OH is 1. The summed E-state index contributed by atoms with van der Waals surface area (Å²) >= 11 is 0. The first-order chi connectivity index (χ1) is 16.6. The van der Waals surface area contributed by atoms with Crippen LogP contribution < -0.4 is 19.5 Å². The van der Waals surface area contributed by atoms with Crippen LogP contribution in [0.5, 0.6) is 17.5 Å². The van der Waals surface area contributed by atoms with E-state index in [-0.39, 0.29) is 11.9 Å².